The van der Waals surface area contributed by atoms with Crippen molar-refractivity contribution in [3.05, 3.63) is 72.5 Å². The summed E-state index contributed by atoms with van der Waals surface area (Å²) < 4.78 is 70.9. The minimum absolute atomic E-state index is 0.0721. The summed E-state index contributed by atoms with van der Waals surface area (Å²) in [6.45, 7) is 0. The molecule has 196 valence electrons. The van der Waals surface area contributed by atoms with Crippen LogP contribution in [0.25, 0.3) is 5.69 Å². The minimum atomic E-state index is -5.15. The Morgan fingerprint density at radius 1 is 1.16 bits per heavy atom. The first-order valence-corrected chi connectivity index (χ1v) is 10.9. The molecule has 3 N–H and O–H groups in total. The van der Waals surface area contributed by atoms with Gasteiger partial charge in [0, 0.05) is 18.9 Å². The van der Waals surface area contributed by atoms with Gasteiger partial charge in [-0.15, -0.1) is 0 Å². The maximum Gasteiger partial charge on any atom is 0.440 e. The number of nitrogens with zero attached hydrogens (tertiary/aromatic N) is 2. The molecule has 0 bridgehead atoms. The number of aromatic amines is 1. The van der Waals surface area contributed by atoms with Crippen molar-refractivity contribution < 1.29 is 36.6 Å². The lowest BCUT2D eigenvalue weighted by molar-refractivity contribution is -0.143. The summed E-state index contributed by atoms with van der Waals surface area (Å²) in [6.07, 6.45) is -6.22. The van der Waals surface area contributed by atoms with E-state index in [0.29, 0.717) is 0 Å². The number of carbonyl (C=O) groups excluding carboxylic acids is 1. The van der Waals surface area contributed by atoms with E-state index in [2.05, 4.69) is 10.4 Å². The van der Waals surface area contributed by atoms with Crippen LogP contribution in [-0.2, 0) is 6.18 Å². The molecule has 9 nitrogen and oxygen atoms in total. The SMILES string of the molecule is O=C(NC1CC(F)(F)C1)c1cc(Oc2c(Cl)cc(-n3nc(C(F)(F)F)c(=O)[nH]c3=O)cc2Cl)ccc1O. The number of ether oxygens (including phenoxy) is 1. The van der Waals surface area contributed by atoms with Gasteiger partial charge in [-0.05, 0) is 30.3 Å². The molecule has 4 rings (SSSR count). The van der Waals surface area contributed by atoms with Gasteiger partial charge in [-0.3, -0.25) is 14.6 Å². The van der Waals surface area contributed by atoms with Gasteiger partial charge in [0.15, 0.2) is 5.75 Å². The third-order valence-electron chi connectivity index (χ3n) is 5.18. The molecule has 37 heavy (non-hydrogen) atoms. The quantitative estimate of drug-likeness (QED) is 0.396. The number of halogens is 7. The number of carbonyl (C=O) groups is 1. The summed E-state index contributed by atoms with van der Waals surface area (Å²) in [7, 11) is 0. The van der Waals surface area contributed by atoms with Gasteiger partial charge in [-0.1, -0.05) is 23.2 Å². The van der Waals surface area contributed by atoms with E-state index in [9.17, 15) is 41.4 Å². The molecule has 1 aliphatic rings. The first kappa shape index (κ1) is 26.4. The van der Waals surface area contributed by atoms with E-state index in [1.165, 1.54) is 11.1 Å². The number of benzene rings is 2. The number of hydrogen-bond acceptors (Lipinski definition) is 6. The molecule has 0 unspecified atom stereocenters. The number of aromatic hydroxyl groups is 1. The van der Waals surface area contributed by atoms with E-state index in [1.54, 1.807) is 0 Å². The lowest BCUT2D eigenvalue weighted by Crippen LogP contribution is -2.50. The van der Waals surface area contributed by atoms with Crippen LogP contribution in [0, 0.1) is 0 Å². The summed E-state index contributed by atoms with van der Waals surface area (Å²) in [4.78, 5) is 37.4. The van der Waals surface area contributed by atoms with E-state index < -0.39 is 59.6 Å². The van der Waals surface area contributed by atoms with Crippen LogP contribution >= 0.6 is 23.2 Å². The number of amides is 1. The fourth-order valence-corrected chi connectivity index (χ4v) is 3.98. The average Bonchev–Trinajstić information content (AvgIpc) is 2.75. The van der Waals surface area contributed by atoms with Crippen LogP contribution in [0.4, 0.5) is 22.0 Å². The van der Waals surface area contributed by atoms with Gasteiger partial charge in [0.1, 0.15) is 11.5 Å². The Kier molecular flexibility index (Phi) is 6.67. The highest BCUT2D eigenvalue weighted by molar-refractivity contribution is 6.37. The van der Waals surface area contributed by atoms with Gasteiger partial charge < -0.3 is 15.2 Å². The first-order valence-electron chi connectivity index (χ1n) is 10.1. The molecule has 1 aromatic heterocycles. The van der Waals surface area contributed by atoms with Gasteiger partial charge >= 0.3 is 11.9 Å². The highest BCUT2D eigenvalue weighted by Crippen LogP contribution is 2.40. The molecule has 1 amide bonds. The summed E-state index contributed by atoms with van der Waals surface area (Å²) >= 11 is 12.3. The normalized spacial score (nSPS) is 15.2. The average molecular weight is 567 g/mol. The fraction of sp³-hybridized carbons (Fsp3) is 0.238. The Hall–Kier alpha value is -3.65. The molecule has 1 aliphatic carbocycles. The highest BCUT2D eigenvalue weighted by atomic mass is 35.5. The number of hydrogen-bond donors (Lipinski definition) is 3. The Morgan fingerprint density at radius 3 is 2.35 bits per heavy atom. The van der Waals surface area contributed by atoms with Crippen LogP contribution in [0.5, 0.6) is 17.2 Å². The van der Waals surface area contributed by atoms with Crippen LogP contribution in [0.2, 0.25) is 10.0 Å². The summed E-state index contributed by atoms with van der Waals surface area (Å²) in [5.41, 5.74) is -5.53. The number of aromatic nitrogens is 3. The van der Waals surface area contributed by atoms with E-state index in [-0.39, 0.29) is 37.5 Å². The van der Waals surface area contributed by atoms with Crippen molar-refractivity contribution in [2.45, 2.75) is 31.0 Å². The summed E-state index contributed by atoms with van der Waals surface area (Å²) in [6, 6.07) is 4.61. The molecular weight excluding hydrogens is 554 g/mol. The molecule has 0 saturated heterocycles. The Bertz CT molecular complexity index is 1490. The lowest BCUT2D eigenvalue weighted by atomic mass is 9.88. The molecule has 1 fully saturated rings. The van der Waals surface area contributed by atoms with Crippen molar-refractivity contribution >= 4 is 29.1 Å². The van der Waals surface area contributed by atoms with Crippen LogP contribution in [0.15, 0.2) is 39.9 Å². The van der Waals surface area contributed by atoms with Gasteiger partial charge in [-0.25, -0.2) is 13.6 Å². The largest absolute Gasteiger partial charge is 0.507 e. The predicted octanol–water partition coefficient (Wildman–Crippen LogP) is 4.27. The maximum absolute atomic E-state index is 13.0. The summed E-state index contributed by atoms with van der Waals surface area (Å²) in [5, 5.41) is 14.8. The second-order valence-corrected chi connectivity index (χ2v) is 8.79. The van der Waals surface area contributed by atoms with E-state index in [1.807, 2.05) is 0 Å². The molecule has 3 aromatic rings. The number of phenolic OH excluding ortho intramolecular Hbond substituents is 1. The second-order valence-electron chi connectivity index (χ2n) is 7.97. The lowest BCUT2D eigenvalue weighted by Gasteiger charge is -2.35. The zero-order chi connectivity index (χ0) is 27.3. The van der Waals surface area contributed by atoms with E-state index in [4.69, 9.17) is 27.9 Å². The van der Waals surface area contributed by atoms with E-state index >= 15 is 0 Å². The van der Waals surface area contributed by atoms with Crippen molar-refractivity contribution in [1.82, 2.24) is 20.1 Å². The monoisotopic (exact) mass is 566 g/mol. The first-order chi connectivity index (χ1) is 17.1. The van der Waals surface area contributed by atoms with Crippen molar-refractivity contribution in [3.8, 4) is 22.9 Å². The molecule has 1 heterocycles. The zero-order valence-electron chi connectivity index (χ0n) is 18.0. The third-order valence-corrected chi connectivity index (χ3v) is 5.74. The smallest absolute Gasteiger partial charge is 0.440 e. The Morgan fingerprint density at radius 2 is 1.78 bits per heavy atom. The molecular formula is C21H13Cl2F5N4O5. The van der Waals surface area contributed by atoms with Crippen LogP contribution < -0.4 is 21.3 Å². The molecule has 0 spiro atoms. The number of alkyl halides is 5. The van der Waals surface area contributed by atoms with Gasteiger partial charge in [0.05, 0.1) is 21.3 Å². The van der Waals surface area contributed by atoms with Crippen molar-refractivity contribution in [1.29, 1.82) is 0 Å². The van der Waals surface area contributed by atoms with Crippen LogP contribution in [0.3, 0.4) is 0 Å². The van der Waals surface area contributed by atoms with Crippen LogP contribution in [-0.4, -0.2) is 37.7 Å². The Balaban J connectivity index is 1.62. The van der Waals surface area contributed by atoms with Gasteiger partial charge in [0.2, 0.25) is 5.69 Å². The summed E-state index contributed by atoms with van der Waals surface area (Å²) in [5.74, 6) is -4.48. The topological polar surface area (TPSA) is 126 Å². The molecule has 0 atom stereocenters. The molecule has 16 heteroatoms. The predicted molar refractivity (Wildman–Crippen MR) is 119 cm³/mol. The van der Waals surface area contributed by atoms with Crippen molar-refractivity contribution in [3.63, 3.8) is 0 Å². The molecule has 1 saturated carbocycles. The minimum Gasteiger partial charge on any atom is -0.507 e. The van der Waals surface area contributed by atoms with Crippen LogP contribution in [0.1, 0.15) is 28.9 Å². The molecule has 0 radical (unpaired) electrons. The standard InChI is InChI=1S/C21H13Cl2F5N4O5/c22-12-3-9(32-19(36)30-18(35)16(31-32)21(26,27)28)4-13(23)15(12)37-10-1-2-14(33)11(5-10)17(34)29-8-6-20(24,25)7-8/h1-5,8,33H,6-7H2,(H,29,34)(H,30,35,36). The Labute approximate surface area is 212 Å². The van der Waals surface area contributed by atoms with Gasteiger partial charge in [0.25, 0.3) is 17.4 Å². The van der Waals surface area contributed by atoms with Crippen molar-refractivity contribution in [2.24, 2.45) is 0 Å². The number of rotatable bonds is 5. The molecule has 0 aliphatic heterocycles. The zero-order valence-corrected chi connectivity index (χ0v) is 19.5. The third kappa shape index (κ3) is 5.54. The highest BCUT2D eigenvalue weighted by Gasteiger charge is 2.46. The number of nitrogens with one attached hydrogen (secondary N) is 2. The maximum atomic E-state index is 13.0. The van der Waals surface area contributed by atoms with Gasteiger partial charge in [-0.2, -0.15) is 23.0 Å². The number of phenols is 1. The number of H-pyrrole nitrogens is 1. The van der Waals surface area contributed by atoms with Crippen molar-refractivity contribution in [2.75, 3.05) is 0 Å². The fourth-order valence-electron chi connectivity index (χ4n) is 3.43. The van der Waals surface area contributed by atoms with E-state index in [0.717, 1.165) is 24.3 Å². The second kappa shape index (κ2) is 9.34. The molecule has 2 aromatic carbocycles.